The number of Topliss-reactive ketones (excluding diaryl/α,β-unsaturated/α-hetero) is 1. The molecule has 0 aromatic carbocycles. The molecule has 0 aliphatic heterocycles. The van der Waals surface area contributed by atoms with Crippen LogP contribution in [0, 0.1) is 11.3 Å². The highest BCUT2D eigenvalue weighted by Gasteiger charge is 2.31. The first-order valence-corrected chi connectivity index (χ1v) is 5.07. The van der Waals surface area contributed by atoms with E-state index in [0.717, 1.165) is 12.8 Å². The van der Waals surface area contributed by atoms with Gasteiger partial charge in [-0.25, -0.2) is 0 Å². The molecule has 0 spiro atoms. The van der Waals surface area contributed by atoms with Gasteiger partial charge in [-0.05, 0) is 18.3 Å². The molecule has 0 saturated heterocycles. The van der Waals surface area contributed by atoms with Crippen molar-refractivity contribution in [2.45, 2.75) is 40.0 Å². The molecule has 1 aliphatic rings. The molecule has 0 aromatic rings. The first kappa shape index (κ1) is 11.2. The van der Waals surface area contributed by atoms with Crippen LogP contribution in [0.1, 0.15) is 40.0 Å². The second-order valence-corrected chi connectivity index (χ2v) is 5.16. The summed E-state index contributed by atoms with van der Waals surface area (Å²) >= 11 is 0. The van der Waals surface area contributed by atoms with Crippen molar-refractivity contribution in [3.05, 3.63) is 0 Å². The molecule has 3 nitrogen and oxygen atoms in total. The maximum absolute atomic E-state index is 11.3. The monoisotopic (exact) mass is 198 g/mol. The zero-order valence-corrected chi connectivity index (χ0v) is 9.13. The van der Waals surface area contributed by atoms with Crippen LogP contribution in [0.25, 0.3) is 0 Å². The molecule has 1 aliphatic carbocycles. The van der Waals surface area contributed by atoms with Gasteiger partial charge in [0.15, 0.2) is 5.78 Å². The van der Waals surface area contributed by atoms with Crippen molar-refractivity contribution in [1.82, 2.24) is 0 Å². The van der Waals surface area contributed by atoms with Crippen LogP contribution in [0.15, 0.2) is 0 Å². The smallest absolute Gasteiger partial charge is 0.309 e. The number of carbonyl (C=O) groups is 2. The standard InChI is InChI=1S/C11H18O3/c1-11(2,3)6-9(12)7-14-10(13)8-4-5-8/h8H,4-7H2,1-3H3. The van der Waals surface area contributed by atoms with E-state index in [-0.39, 0.29) is 29.7 Å². The molecule has 0 atom stereocenters. The van der Waals surface area contributed by atoms with Crippen molar-refractivity contribution in [3.63, 3.8) is 0 Å². The summed E-state index contributed by atoms with van der Waals surface area (Å²) in [6, 6.07) is 0. The first-order valence-electron chi connectivity index (χ1n) is 5.07. The van der Waals surface area contributed by atoms with Gasteiger partial charge < -0.3 is 4.74 Å². The lowest BCUT2D eigenvalue weighted by molar-refractivity contribution is -0.149. The van der Waals surface area contributed by atoms with E-state index in [1.54, 1.807) is 0 Å². The van der Waals surface area contributed by atoms with Gasteiger partial charge in [0.2, 0.25) is 0 Å². The lowest BCUT2D eigenvalue weighted by Crippen LogP contribution is -2.20. The number of ketones is 1. The molecule has 1 rings (SSSR count). The van der Waals surface area contributed by atoms with E-state index < -0.39 is 0 Å². The number of ether oxygens (including phenoxy) is 1. The molecular formula is C11H18O3. The van der Waals surface area contributed by atoms with E-state index in [2.05, 4.69) is 0 Å². The number of esters is 1. The van der Waals surface area contributed by atoms with Crippen LogP contribution < -0.4 is 0 Å². The molecule has 3 heteroatoms. The van der Waals surface area contributed by atoms with Crippen LogP contribution in [0.4, 0.5) is 0 Å². The van der Waals surface area contributed by atoms with Gasteiger partial charge in [0.25, 0.3) is 0 Å². The summed E-state index contributed by atoms with van der Waals surface area (Å²) in [6.45, 7) is 5.93. The predicted molar refractivity (Wildman–Crippen MR) is 52.8 cm³/mol. The van der Waals surface area contributed by atoms with Gasteiger partial charge in [-0.15, -0.1) is 0 Å². The quantitative estimate of drug-likeness (QED) is 0.648. The fourth-order valence-corrected chi connectivity index (χ4v) is 1.23. The van der Waals surface area contributed by atoms with Gasteiger partial charge in [-0.2, -0.15) is 0 Å². The first-order chi connectivity index (χ1) is 6.38. The van der Waals surface area contributed by atoms with Gasteiger partial charge in [-0.3, -0.25) is 9.59 Å². The van der Waals surface area contributed by atoms with E-state index in [9.17, 15) is 9.59 Å². The molecule has 1 fully saturated rings. The average molecular weight is 198 g/mol. The Bertz CT molecular complexity index is 233. The van der Waals surface area contributed by atoms with Gasteiger partial charge in [0, 0.05) is 6.42 Å². The predicted octanol–water partition coefficient (Wildman–Crippen LogP) is 1.94. The van der Waals surface area contributed by atoms with Crippen LogP contribution in [-0.4, -0.2) is 18.4 Å². The summed E-state index contributed by atoms with van der Waals surface area (Å²) in [5.74, 6) is -0.115. The fraction of sp³-hybridized carbons (Fsp3) is 0.818. The zero-order chi connectivity index (χ0) is 10.8. The van der Waals surface area contributed by atoms with Crippen LogP contribution in [0.5, 0.6) is 0 Å². The molecule has 0 amide bonds. The number of carbonyl (C=O) groups excluding carboxylic acids is 2. The summed E-state index contributed by atoms with van der Waals surface area (Å²) in [5, 5.41) is 0. The molecule has 14 heavy (non-hydrogen) atoms. The molecule has 80 valence electrons. The SMILES string of the molecule is CC(C)(C)CC(=O)COC(=O)C1CC1. The summed E-state index contributed by atoms with van der Waals surface area (Å²) in [6.07, 6.45) is 2.31. The van der Waals surface area contributed by atoms with Crippen molar-refractivity contribution in [3.8, 4) is 0 Å². The maximum atomic E-state index is 11.3. The summed E-state index contributed by atoms with van der Waals surface area (Å²) < 4.78 is 4.89. The topological polar surface area (TPSA) is 43.4 Å². The summed E-state index contributed by atoms with van der Waals surface area (Å²) in [5.41, 5.74) is -0.0247. The van der Waals surface area contributed by atoms with E-state index in [4.69, 9.17) is 4.74 Å². The Kier molecular flexibility index (Phi) is 3.29. The molecular weight excluding hydrogens is 180 g/mol. The summed E-state index contributed by atoms with van der Waals surface area (Å²) in [4.78, 5) is 22.4. The molecule has 0 aromatic heterocycles. The van der Waals surface area contributed by atoms with Crippen LogP contribution >= 0.6 is 0 Å². The normalized spacial score (nSPS) is 16.5. The van der Waals surface area contributed by atoms with E-state index in [1.807, 2.05) is 20.8 Å². The Morgan fingerprint density at radius 3 is 2.29 bits per heavy atom. The molecule has 0 bridgehead atoms. The Morgan fingerprint density at radius 2 is 1.86 bits per heavy atom. The highest BCUT2D eigenvalue weighted by Crippen LogP contribution is 2.30. The second kappa shape index (κ2) is 4.11. The average Bonchev–Trinajstić information content (AvgIpc) is 2.78. The Balaban J connectivity index is 2.17. The molecule has 0 unspecified atom stereocenters. The molecule has 1 saturated carbocycles. The third-order valence-corrected chi connectivity index (χ3v) is 2.01. The highest BCUT2D eigenvalue weighted by atomic mass is 16.5. The van der Waals surface area contributed by atoms with E-state index >= 15 is 0 Å². The molecule has 0 heterocycles. The molecule has 0 N–H and O–H groups in total. The number of rotatable bonds is 4. The van der Waals surface area contributed by atoms with Crippen LogP contribution in [0.3, 0.4) is 0 Å². The Hall–Kier alpha value is -0.860. The van der Waals surface area contributed by atoms with E-state index in [1.165, 1.54) is 0 Å². The molecule has 0 radical (unpaired) electrons. The number of hydrogen-bond acceptors (Lipinski definition) is 3. The van der Waals surface area contributed by atoms with Crippen molar-refractivity contribution in [1.29, 1.82) is 0 Å². The second-order valence-electron chi connectivity index (χ2n) is 5.16. The summed E-state index contributed by atoms with van der Waals surface area (Å²) in [7, 11) is 0. The largest absolute Gasteiger partial charge is 0.457 e. The van der Waals surface area contributed by atoms with Gasteiger partial charge >= 0.3 is 5.97 Å². The fourth-order valence-electron chi connectivity index (χ4n) is 1.23. The lowest BCUT2D eigenvalue weighted by atomic mass is 9.90. The number of hydrogen-bond donors (Lipinski definition) is 0. The van der Waals surface area contributed by atoms with Crippen LogP contribution in [0.2, 0.25) is 0 Å². The zero-order valence-electron chi connectivity index (χ0n) is 9.13. The highest BCUT2D eigenvalue weighted by molar-refractivity contribution is 5.83. The Morgan fingerprint density at radius 1 is 1.29 bits per heavy atom. The van der Waals surface area contributed by atoms with Crippen LogP contribution in [-0.2, 0) is 14.3 Å². The lowest BCUT2D eigenvalue weighted by Gasteiger charge is -2.16. The van der Waals surface area contributed by atoms with Crippen molar-refractivity contribution in [2.24, 2.45) is 11.3 Å². The van der Waals surface area contributed by atoms with Crippen molar-refractivity contribution >= 4 is 11.8 Å². The minimum atomic E-state index is -0.202. The van der Waals surface area contributed by atoms with Gasteiger partial charge in [0.1, 0.15) is 6.61 Å². The van der Waals surface area contributed by atoms with Crippen molar-refractivity contribution in [2.75, 3.05) is 6.61 Å². The Labute approximate surface area is 84.8 Å². The van der Waals surface area contributed by atoms with Gasteiger partial charge in [-0.1, -0.05) is 20.8 Å². The minimum absolute atomic E-state index is 0.00602. The van der Waals surface area contributed by atoms with E-state index in [0.29, 0.717) is 6.42 Å². The van der Waals surface area contributed by atoms with Crippen molar-refractivity contribution < 1.29 is 14.3 Å². The van der Waals surface area contributed by atoms with Gasteiger partial charge in [0.05, 0.1) is 5.92 Å². The maximum Gasteiger partial charge on any atom is 0.309 e. The minimum Gasteiger partial charge on any atom is -0.457 e. The third kappa shape index (κ3) is 4.40. The third-order valence-electron chi connectivity index (χ3n) is 2.01.